The molecule has 0 aliphatic heterocycles. The molecule has 0 spiro atoms. The second-order valence-corrected chi connectivity index (χ2v) is 7.55. The second kappa shape index (κ2) is 7.05. The molecule has 2 aromatic carbocycles. The third kappa shape index (κ3) is 3.23. The van der Waals surface area contributed by atoms with Crippen LogP contribution < -0.4 is 5.32 Å². The lowest BCUT2D eigenvalue weighted by Gasteiger charge is -2.07. The topological polar surface area (TPSA) is 68.0 Å². The molecule has 0 radical (unpaired) electrons. The van der Waals surface area contributed by atoms with Crippen LogP contribution in [0.4, 0.5) is 5.69 Å². The maximum atomic E-state index is 12.3. The summed E-state index contributed by atoms with van der Waals surface area (Å²) in [7, 11) is 0. The van der Waals surface area contributed by atoms with Crippen LogP contribution in [0.2, 0.25) is 0 Å². The highest BCUT2D eigenvalue weighted by atomic mass is 32.1. The quantitative estimate of drug-likeness (QED) is 0.464. The second-order valence-electron chi connectivity index (χ2n) is 6.77. The summed E-state index contributed by atoms with van der Waals surface area (Å²) in [6.07, 6.45) is 1.62. The molecule has 6 heteroatoms. The largest absolute Gasteiger partial charge is 0.421 e. The monoisotopic (exact) mass is 387 g/mol. The third-order valence-electron chi connectivity index (χ3n) is 4.88. The number of fused-ring (bicyclic) bond motifs is 3. The summed E-state index contributed by atoms with van der Waals surface area (Å²) < 4.78 is 5.63. The van der Waals surface area contributed by atoms with Gasteiger partial charge in [0, 0.05) is 29.5 Å². The van der Waals surface area contributed by atoms with Crippen LogP contribution in [0.15, 0.2) is 63.7 Å². The summed E-state index contributed by atoms with van der Waals surface area (Å²) in [5.74, 6) is 0.904. The molecule has 2 heterocycles. The molecule has 1 N–H and O–H groups in total. The Morgan fingerprint density at radius 2 is 1.96 bits per heavy atom. The Kier molecular flexibility index (Phi) is 4.25. The van der Waals surface area contributed by atoms with Crippen LogP contribution in [0.1, 0.15) is 23.4 Å². The number of nitrogens with one attached hydrogen (secondary N) is 1. The van der Waals surface area contributed by atoms with Gasteiger partial charge in [-0.1, -0.05) is 30.3 Å². The predicted octanol–water partition coefficient (Wildman–Crippen LogP) is 4.94. The van der Waals surface area contributed by atoms with Crippen LogP contribution in [-0.4, -0.2) is 16.1 Å². The number of anilines is 1. The molecule has 0 bridgehead atoms. The van der Waals surface area contributed by atoms with E-state index in [1.54, 1.807) is 11.3 Å². The highest BCUT2D eigenvalue weighted by Crippen LogP contribution is 2.37. The fourth-order valence-electron chi connectivity index (χ4n) is 3.52. The van der Waals surface area contributed by atoms with Gasteiger partial charge in [-0.15, -0.1) is 10.2 Å². The summed E-state index contributed by atoms with van der Waals surface area (Å²) in [6, 6.07) is 16.5. The SMILES string of the molecule is O=C(CCc1nnc(-c2ccsc2)o1)Nc1ccc2c(c1)Cc1ccccc1-2. The number of rotatable bonds is 5. The average molecular weight is 387 g/mol. The number of hydrogen-bond acceptors (Lipinski definition) is 5. The fraction of sp³-hybridized carbons (Fsp3) is 0.136. The molecular formula is C22H17N3O2S. The van der Waals surface area contributed by atoms with E-state index < -0.39 is 0 Å². The maximum absolute atomic E-state index is 12.3. The standard InChI is InChI=1S/C22H17N3O2S/c26-20(7-8-21-24-25-22(27-21)15-9-10-28-13-15)23-17-5-6-19-16(12-17)11-14-3-1-2-4-18(14)19/h1-6,9-10,12-13H,7-8,11H2,(H,23,26). The van der Waals surface area contributed by atoms with Crippen molar-refractivity contribution in [2.75, 3.05) is 5.32 Å². The van der Waals surface area contributed by atoms with E-state index >= 15 is 0 Å². The van der Waals surface area contributed by atoms with E-state index in [0.29, 0.717) is 24.6 Å². The zero-order valence-electron chi connectivity index (χ0n) is 15.0. The summed E-state index contributed by atoms with van der Waals surface area (Å²) in [4.78, 5) is 12.3. The average Bonchev–Trinajstić information content (AvgIpc) is 3.44. The van der Waals surface area contributed by atoms with Gasteiger partial charge in [0.25, 0.3) is 0 Å². The van der Waals surface area contributed by atoms with E-state index in [-0.39, 0.29) is 5.91 Å². The molecule has 138 valence electrons. The van der Waals surface area contributed by atoms with Crippen molar-refractivity contribution in [1.82, 2.24) is 10.2 Å². The lowest BCUT2D eigenvalue weighted by atomic mass is 10.1. The highest BCUT2D eigenvalue weighted by Gasteiger charge is 2.18. The molecule has 1 amide bonds. The molecule has 0 saturated carbocycles. The summed E-state index contributed by atoms with van der Waals surface area (Å²) in [6.45, 7) is 0. The highest BCUT2D eigenvalue weighted by molar-refractivity contribution is 7.08. The predicted molar refractivity (Wildman–Crippen MR) is 109 cm³/mol. The number of aryl methyl sites for hydroxylation is 1. The fourth-order valence-corrected chi connectivity index (χ4v) is 4.15. The van der Waals surface area contributed by atoms with Gasteiger partial charge in [0.05, 0.1) is 0 Å². The number of thiophene rings is 1. The minimum absolute atomic E-state index is 0.0641. The van der Waals surface area contributed by atoms with E-state index in [2.05, 4.69) is 51.9 Å². The number of amides is 1. The molecule has 1 aliphatic carbocycles. The summed E-state index contributed by atoms with van der Waals surface area (Å²) in [5.41, 5.74) is 6.84. The smallest absolute Gasteiger partial charge is 0.248 e. The number of aromatic nitrogens is 2. The molecule has 0 unspecified atom stereocenters. The van der Waals surface area contributed by atoms with Gasteiger partial charge in [-0.25, -0.2) is 0 Å². The lowest BCUT2D eigenvalue weighted by Crippen LogP contribution is -2.12. The van der Waals surface area contributed by atoms with Crippen LogP contribution in [0, 0.1) is 0 Å². The van der Waals surface area contributed by atoms with Gasteiger partial charge in [0.2, 0.25) is 17.7 Å². The first kappa shape index (κ1) is 16.9. The normalized spacial score (nSPS) is 11.9. The molecule has 5 rings (SSSR count). The van der Waals surface area contributed by atoms with Crippen molar-refractivity contribution >= 4 is 22.9 Å². The van der Waals surface area contributed by atoms with Gasteiger partial charge >= 0.3 is 0 Å². The molecule has 28 heavy (non-hydrogen) atoms. The first-order chi connectivity index (χ1) is 13.8. The van der Waals surface area contributed by atoms with Gasteiger partial charge in [-0.2, -0.15) is 11.3 Å². The number of benzene rings is 2. The van der Waals surface area contributed by atoms with Crippen molar-refractivity contribution in [3.63, 3.8) is 0 Å². The van der Waals surface area contributed by atoms with Gasteiger partial charge in [0.15, 0.2) is 0 Å². The van der Waals surface area contributed by atoms with Crippen molar-refractivity contribution in [3.05, 3.63) is 76.3 Å². The van der Waals surface area contributed by atoms with Gasteiger partial charge in [-0.05, 0) is 52.3 Å². The number of nitrogens with zero attached hydrogens (tertiary/aromatic N) is 2. The Hall–Kier alpha value is -3.25. The molecule has 0 fully saturated rings. The van der Waals surface area contributed by atoms with Crippen molar-refractivity contribution in [1.29, 1.82) is 0 Å². The van der Waals surface area contributed by atoms with Gasteiger partial charge in [-0.3, -0.25) is 4.79 Å². The molecular weight excluding hydrogens is 370 g/mol. The Labute approximate surface area is 166 Å². The van der Waals surface area contributed by atoms with Crippen molar-refractivity contribution in [3.8, 4) is 22.6 Å². The van der Waals surface area contributed by atoms with E-state index in [4.69, 9.17) is 4.42 Å². The van der Waals surface area contributed by atoms with Gasteiger partial charge in [0.1, 0.15) is 0 Å². The Balaban J connectivity index is 1.22. The number of carbonyl (C=O) groups excluding carboxylic acids is 1. The first-order valence-electron chi connectivity index (χ1n) is 9.12. The molecule has 0 saturated heterocycles. The van der Waals surface area contributed by atoms with Crippen LogP contribution in [0.5, 0.6) is 0 Å². The minimum atomic E-state index is -0.0641. The third-order valence-corrected chi connectivity index (χ3v) is 5.56. The number of hydrogen-bond donors (Lipinski definition) is 1. The van der Waals surface area contributed by atoms with Crippen molar-refractivity contribution < 1.29 is 9.21 Å². The van der Waals surface area contributed by atoms with Crippen molar-refractivity contribution in [2.24, 2.45) is 0 Å². The molecule has 2 aromatic heterocycles. The minimum Gasteiger partial charge on any atom is -0.421 e. The van der Waals surface area contributed by atoms with Crippen LogP contribution in [-0.2, 0) is 17.6 Å². The zero-order chi connectivity index (χ0) is 18.9. The Morgan fingerprint density at radius 1 is 1.07 bits per heavy atom. The molecule has 5 nitrogen and oxygen atoms in total. The molecule has 0 atom stereocenters. The van der Waals surface area contributed by atoms with E-state index in [9.17, 15) is 4.79 Å². The Morgan fingerprint density at radius 3 is 2.86 bits per heavy atom. The number of carbonyl (C=O) groups is 1. The van der Waals surface area contributed by atoms with Crippen molar-refractivity contribution in [2.45, 2.75) is 19.3 Å². The summed E-state index contributed by atoms with van der Waals surface area (Å²) in [5, 5.41) is 15.0. The van der Waals surface area contributed by atoms with E-state index in [1.165, 1.54) is 22.3 Å². The molecule has 1 aliphatic rings. The van der Waals surface area contributed by atoms with Gasteiger partial charge < -0.3 is 9.73 Å². The molecule has 4 aromatic rings. The zero-order valence-corrected chi connectivity index (χ0v) is 15.8. The van der Waals surface area contributed by atoms with Crippen LogP contribution in [0.3, 0.4) is 0 Å². The lowest BCUT2D eigenvalue weighted by molar-refractivity contribution is -0.116. The first-order valence-corrected chi connectivity index (χ1v) is 10.1. The Bertz CT molecular complexity index is 1150. The summed E-state index contributed by atoms with van der Waals surface area (Å²) >= 11 is 1.58. The van der Waals surface area contributed by atoms with Crippen LogP contribution in [0.25, 0.3) is 22.6 Å². The maximum Gasteiger partial charge on any atom is 0.248 e. The van der Waals surface area contributed by atoms with E-state index in [1.807, 2.05) is 22.9 Å². The van der Waals surface area contributed by atoms with Crippen LogP contribution >= 0.6 is 11.3 Å². The van der Waals surface area contributed by atoms with E-state index in [0.717, 1.165) is 17.7 Å².